The summed E-state index contributed by atoms with van der Waals surface area (Å²) >= 11 is 0. The van der Waals surface area contributed by atoms with Gasteiger partial charge in [0, 0.05) is 0 Å². The van der Waals surface area contributed by atoms with E-state index < -0.39 is 15.8 Å². The molecule has 0 radical (unpaired) electrons. The highest BCUT2D eigenvalue weighted by Crippen LogP contribution is 2.38. The predicted octanol–water partition coefficient (Wildman–Crippen LogP) is 4.79. The zero-order chi connectivity index (χ0) is 19.8. The van der Waals surface area contributed by atoms with Crippen molar-refractivity contribution in [2.75, 3.05) is 5.75 Å². The van der Waals surface area contributed by atoms with Gasteiger partial charge in [-0.25, -0.2) is 13.2 Å². The van der Waals surface area contributed by atoms with Crippen LogP contribution in [0.25, 0.3) is 11.6 Å². The summed E-state index contributed by atoms with van der Waals surface area (Å²) in [6, 6.07) is 12.3. The fourth-order valence-corrected chi connectivity index (χ4v) is 5.27. The fraction of sp³-hybridized carbons (Fsp3) is 0.318. The molecule has 0 spiro atoms. The number of hydrogen-bond donors (Lipinski definition) is 1. The predicted molar refractivity (Wildman–Crippen MR) is 108 cm³/mol. The van der Waals surface area contributed by atoms with Crippen LogP contribution in [-0.2, 0) is 15.3 Å². The summed E-state index contributed by atoms with van der Waals surface area (Å²) in [6.45, 7) is 6.17. The Bertz CT molecular complexity index is 1010. The van der Waals surface area contributed by atoms with Crippen molar-refractivity contribution in [2.45, 2.75) is 43.9 Å². The van der Waals surface area contributed by atoms with Crippen molar-refractivity contribution in [1.29, 1.82) is 0 Å². The lowest BCUT2D eigenvalue weighted by molar-refractivity contribution is 0.0697. The molecule has 0 atom stereocenters. The van der Waals surface area contributed by atoms with Gasteiger partial charge in [0.25, 0.3) is 0 Å². The molecule has 142 valence electrons. The van der Waals surface area contributed by atoms with Gasteiger partial charge in [-0.2, -0.15) is 0 Å². The number of hydrogen-bond acceptors (Lipinski definition) is 3. The summed E-state index contributed by atoms with van der Waals surface area (Å²) in [5.74, 6) is -0.746. The average molecular weight is 384 g/mol. The van der Waals surface area contributed by atoms with E-state index in [9.17, 15) is 13.2 Å². The molecule has 1 N–H and O–H groups in total. The van der Waals surface area contributed by atoms with Gasteiger partial charge in [0.05, 0.1) is 16.2 Å². The molecule has 27 heavy (non-hydrogen) atoms. The van der Waals surface area contributed by atoms with E-state index >= 15 is 0 Å². The zero-order valence-electron chi connectivity index (χ0n) is 15.8. The Labute approximate surface area is 160 Å². The van der Waals surface area contributed by atoms with Gasteiger partial charge < -0.3 is 5.11 Å². The van der Waals surface area contributed by atoms with Crippen molar-refractivity contribution < 1.29 is 18.3 Å². The highest BCUT2D eigenvalue weighted by Gasteiger charge is 2.32. The van der Waals surface area contributed by atoms with E-state index in [4.69, 9.17) is 5.11 Å². The quantitative estimate of drug-likeness (QED) is 0.772. The molecule has 5 heteroatoms. The third-order valence-corrected chi connectivity index (χ3v) is 7.11. The van der Waals surface area contributed by atoms with Gasteiger partial charge in [-0.05, 0) is 71.7 Å². The molecule has 0 aromatic heterocycles. The molecule has 1 aliphatic heterocycles. The first-order chi connectivity index (χ1) is 12.6. The number of aromatic carboxylic acids is 1. The van der Waals surface area contributed by atoms with Crippen molar-refractivity contribution >= 4 is 27.5 Å². The molecular formula is C22H24O4S. The van der Waals surface area contributed by atoms with Crippen LogP contribution in [0.3, 0.4) is 0 Å². The number of carbonyl (C=O) groups is 1. The van der Waals surface area contributed by atoms with Gasteiger partial charge in [-0.15, -0.1) is 0 Å². The van der Waals surface area contributed by atoms with Crippen molar-refractivity contribution in [3.8, 4) is 0 Å². The summed E-state index contributed by atoms with van der Waals surface area (Å²) in [5.41, 5.74) is 3.81. The lowest BCUT2D eigenvalue weighted by Gasteiger charge is -2.25. The molecule has 1 aliphatic rings. The van der Waals surface area contributed by atoms with Gasteiger partial charge in [-0.1, -0.05) is 38.1 Å². The molecule has 3 rings (SSSR count). The molecule has 0 aliphatic carbocycles. The van der Waals surface area contributed by atoms with Crippen LogP contribution in [0.1, 0.15) is 60.7 Å². The van der Waals surface area contributed by atoms with Gasteiger partial charge >= 0.3 is 5.97 Å². The normalized spacial score (nSPS) is 18.4. The first-order valence-electron chi connectivity index (χ1n) is 8.99. The van der Waals surface area contributed by atoms with Crippen molar-refractivity contribution in [3.63, 3.8) is 0 Å². The molecule has 2 aromatic rings. The van der Waals surface area contributed by atoms with Crippen molar-refractivity contribution in [3.05, 3.63) is 64.7 Å². The second-order valence-electron chi connectivity index (χ2n) is 7.77. The van der Waals surface area contributed by atoms with Crippen LogP contribution in [0.4, 0.5) is 0 Å². The molecule has 4 nitrogen and oxygen atoms in total. The average Bonchev–Trinajstić information content (AvgIpc) is 2.69. The highest BCUT2D eigenvalue weighted by atomic mass is 32.2. The first-order valence-corrected chi connectivity index (χ1v) is 10.6. The highest BCUT2D eigenvalue weighted by molar-refractivity contribution is 7.91. The standard InChI is InChI=1S/C22H24O4S/c1-15(13-16-5-7-17(8-6-16)21(23)24)18-9-10-20-19(14-18)22(2,3)11-4-12-27(20,25)26/h5-10,13-14H,4,11-12H2,1-3H3,(H,23,24). The van der Waals surface area contributed by atoms with Crippen molar-refractivity contribution in [1.82, 2.24) is 0 Å². The molecule has 0 saturated carbocycles. The van der Waals surface area contributed by atoms with Gasteiger partial charge in [-0.3, -0.25) is 0 Å². The lowest BCUT2D eigenvalue weighted by Crippen LogP contribution is -2.18. The zero-order valence-corrected chi connectivity index (χ0v) is 16.6. The minimum atomic E-state index is -3.24. The number of carboxylic acid groups (broad SMARTS) is 1. The molecule has 0 saturated heterocycles. The number of carboxylic acids is 1. The smallest absolute Gasteiger partial charge is 0.335 e. The Balaban J connectivity index is 2.03. The maximum Gasteiger partial charge on any atom is 0.335 e. The second kappa shape index (κ2) is 6.97. The maximum absolute atomic E-state index is 12.6. The number of allylic oxidation sites excluding steroid dienone is 1. The fourth-order valence-electron chi connectivity index (χ4n) is 3.58. The molecule has 2 aromatic carbocycles. The number of sulfone groups is 1. The van der Waals surface area contributed by atoms with E-state index in [1.54, 1.807) is 30.3 Å². The molecule has 0 bridgehead atoms. The van der Waals surface area contributed by atoms with Crippen LogP contribution in [0.2, 0.25) is 0 Å². The summed E-state index contributed by atoms with van der Waals surface area (Å²) in [5, 5.41) is 9.00. The molecule has 0 unspecified atom stereocenters. The molecular weight excluding hydrogens is 360 g/mol. The van der Waals surface area contributed by atoms with E-state index in [2.05, 4.69) is 13.8 Å². The van der Waals surface area contributed by atoms with Gasteiger partial charge in [0.15, 0.2) is 9.84 Å². The van der Waals surface area contributed by atoms with Gasteiger partial charge in [0.1, 0.15) is 0 Å². The number of fused-ring (bicyclic) bond motifs is 1. The number of rotatable bonds is 3. The van der Waals surface area contributed by atoms with Crippen LogP contribution in [0.5, 0.6) is 0 Å². The Hall–Kier alpha value is -2.40. The summed E-state index contributed by atoms with van der Waals surface area (Å²) < 4.78 is 25.2. The summed E-state index contributed by atoms with van der Waals surface area (Å²) in [4.78, 5) is 11.4. The van der Waals surface area contributed by atoms with Crippen LogP contribution >= 0.6 is 0 Å². The van der Waals surface area contributed by atoms with E-state index in [0.717, 1.165) is 28.7 Å². The molecule has 0 amide bonds. The topological polar surface area (TPSA) is 71.4 Å². The van der Waals surface area contributed by atoms with Crippen LogP contribution < -0.4 is 0 Å². The second-order valence-corrected chi connectivity index (χ2v) is 9.85. The Morgan fingerprint density at radius 2 is 1.70 bits per heavy atom. The van der Waals surface area contributed by atoms with E-state index in [1.807, 2.05) is 25.1 Å². The molecule has 1 heterocycles. The Morgan fingerprint density at radius 1 is 1.07 bits per heavy atom. The van der Waals surface area contributed by atoms with Crippen LogP contribution in [-0.4, -0.2) is 25.2 Å². The monoisotopic (exact) mass is 384 g/mol. The Morgan fingerprint density at radius 3 is 2.33 bits per heavy atom. The SMILES string of the molecule is CC(=Cc1ccc(C(=O)O)cc1)c1ccc2c(c1)C(C)(C)CCCS2(=O)=O. The lowest BCUT2D eigenvalue weighted by atomic mass is 9.80. The van der Waals surface area contributed by atoms with E-state index in [-0.39, 0.29) is 16.7 Å². The van der Waals surface area contributed by atoms with E-state index in [0.29, 0.717) is 11.3 Å². The molecule has 0 fully saturated rings. The maximum atomic E-state index is 12.6. The summed E-state index contributed by atoms with van der Waals surface area (Å²) in [6.07, 6.45) is 3.48. The largest absolute Gasteiger partial charge is 0.478 e. The third-order valence-electron chi connectivity index (χ3n) is 5.25. The van der Waals surface area contributed by atoms with Crippen molar-refractivity contribution in [2.24, 2.45) is 0 Å². The van der Waals surface area contributed by atoms with Gasteiger partial charge in [0.2, 0.25) is 0 Å². The van der Waals surface area contributed by atoms with Crippen LogP contribution in [0, 0.1) is 0 Å². The third kappa shape index (κ3) is 3.98. The minimum absolute atomic E-state index is 0.196. The first kappa shape index (κ1) is 19.4. The minimum Gasteiger partial charge on any atom is -0.478 e. The number of benzene rings is 2. The van der Waals surface area contributed by atoms with Crippen LogP contribution in [0.15, 0.2) is 47.4 Å². The van der Waals surface area contributed by atoms with E-state index in [1.165, 1.54) is 0 Å². The Kier molecular flexibility index (Phi) is 5.00. The summed E-state index contributed by atoms with van der Waals surface area (Å²) in [7, 11) is -3.24.